The monoisotopic (exact) mass is 166 g/mol. The van der Waals surface area contributed by atoms with E-state index in [1.807, 2.05) is 0 Å². The third kappa shape index (κ3) is 2.36. The molecular formula is C9H11NO2. The van der Waals surface area contributed by atoms with Gasteiger partial charge in [0, 0.05) is 0 Å². The van der Waals surface area contributed by atoms with Crippen molar-refractivity contribution in [2.45, 2.75) is 12.5 Å². The zero-order valence-corrected chi connectivity index (χ0v) is 6.53. The second kappa shape index (κ2) is 3.88. The minimum atomic E-state index is -1.04. The zero-order chi connectivity index (χ0) is 9.84. The van der Waals surface area contributed by atoms with Crippen molar-refractivity contribution < 1.29 is 11.3 Å². The Kier molecular flexibility index (Phi) is 2.36. The lowest BCUT2D eigenvalue weighted by Crippen LogP contribution is -2.32. The number of carbonyl (C=O) groups is 1. The number of carboxylic acid groups (broad SMARTS) is 1. The largest absolute Gasteiger partial charge is 0.480 e. The van der Waals surface area contributed by atoms with Crippen LogP contribution in [0.5, 0.6) is 0 Å². The van der Waals surface area contributed by atoms with Crippen LogP contribution in [0, 0.1) is 0 Å². The van der Waals surface area contributed by atoms with Gasteiger partial charge in [0.25, 0.3) is 0 Å². The van der Waals surface area contributed by atoms with Gasteiger partial charge in [-0.25, -0.2) is 0 Å². The van der Waals surface area contributed by atoms with E-state index in [2.05, 4.69) is 0 Å². The molecule has 3 heteroatoms. The summed E-state index contributed by atoms with van der Waals surface area (Å²) in [5.41, 5.74) is 6.00. The normalized spacial score (nSPS) is 13.6. The maximum absolute atomic E-state index is 10.4. The van der Waals surface area contributed by atoms with Gasteiger partial charge < -0.3 is 10.8 Å². The van der Waals surface area contributed by atoms with Gasteiger partial charge in [0.2, 0.25) is 0 Å². The molecule has 0 saturated carbocycles. The van der Waals surface area contributed by atoms with Crippen LogP contribution in [0.3, 0.4) is 0 Å². The lowest BCUT2D eigenvalue weighted by molar-refractivity contribution is -0.138. The number of rotatable bonds is 3. The fourth-order valence-corrected chi connectivity index (χ4v) is 0.882. The van der Waals surface area contributed by atoms with Gasteiger partial charge in [0.1, 0.15) is 6.04 Å². The van der Waals surface area contributed by atoms with Crippen LogP contribution in [0.15, 0.2) is 30.3 Å². The summed E-state index contributed by atoms with van der Waals surface area (Å²) in [4.78, 5) is 10.4. The Morgan fingerprint density at radius 3 is 3.00 bits per heavy atom. The van der Waals surface area contributed by atoms with Gasteiger partial charge >= 0.3 is 5.97 Å². The minimum Gasteiger partial charge on any atom is -0.480 e. The molecule has 1 rings (SSSR count). The fraction of sp³-hybridized carbons (Fsp3) is 0.222. The van der Waals surface area contributed by atoms with Crippen LogP contribution < -0.4 is 5.73 Å². The molecule has 64 valence electrons. The van der Waals surface area contributed by atoms with Crippen LogP contribution in [0.1, 0.15) is 6.93 Å². The summed E-state index contributed by atoms with van der Waals surface area (Å²) < 4.78 is 7.46. The predicted molar refractivity (Wildman–Crippen MR) is 45.8 cm³/mol. The molecule has 0 bridgehead atoms. The SMILES string of the molecule is [2H]c1ccccc1C[C@H](N)C(=O)O. The molecule has 1 aromatic rings. The van der Waals surface area contributed by atoms with Crippen molar-refractivity contribution in [3.05, 3.63) is 35.9 Å². The average Bonchev–Trinajstić information content (AvgIpc) is 2.08. The van der Waals surface area contributed by atoms with Crippen LogP contribution in [0.4, 0.5) is 0 Å². The quantitative estimate of drug-likeness (QED) is 0.692. The second-order valence-corrected chi connectivity index (χ2v) is 2.54. The molecule has 12 heavy (non-hydrogen) atoms. The van der Waals surface area contributed by atoms with E-state index >= 15 is 0 Å². The van der Waals surface area contributed by atoms with Gasteiger partial charge in [0.15, 0.2) is 0 Å². The first-order chi connectivity index (χ1) is 6.11. The third-order valence-electron chi connectivity index (χ3n) is 1.53. The Morgan fingerprint density at radius 2 is 2.42 bits per heavy atom. The highest BCUT2D eigenvalue weighted by molar-refractivity contribution is 5.73. The molecule has 3 nitrogen and oxygen atoms in total. The van der Waals surface area contributed by atoms with Crippen molar-refractivity contribution in [3.8, 4) is 0 Å². The van der Waals surface area contributed by atoms with E-state index in [1.54, 1.807) is 24.3 Å². The van der Waals surface area contributed by atoms with E-state index < -0.39 is 12.0 Å². The average molecular weight is 166 g/mol. The first kappa shape index (κ1) is 7.31. The number of carboxylic acids is 1. The van der Waals surface area contributed by atoms with E-state index in [0.717, 1.165) is 0 Å². The standard InChI is InChI=1S/C9H11NO2/c10-8(9(11)12)6-7-4-2-1-3-5-7/h1-5,8H,6,10H2,(H,11,12)/t8-/m0/s1/i4D. The smallest absolute Gasteiger partial charge is 0.320 e. The topological polar surface area (TPSA) is 63.3 Å². The molecular weight excluding hydrogens is 154 g/mol. The summed E-state index contributed by atoms with van der Waals surface area (Å²) in [6, 6.07) is 6.24. The Balaban J connectivity index is 2.74. The molecule has 0 aromatic heterocycles. The Hall–Kier alpha value is -1.35. The molecule has 0 aliphatic carbocycles. The van der Waals surface area contributed by atoms with Crippen molar-refractivity contribution in [3.63, 3.8) is 0 Å². The first-order valence-electron chi connectivity index (χ1n) is 4.14. The molecule has 1 atom stereocenters. The van der Waals surface area contributed by atoms with E-state index in [0.29, 0.717) is 11.6 Å². The molecule has 0 saturated heterocycles. The molecule has 1 aromatic carbocycles. The number of benzene rings is 1. The van der Waals surface area contributed by atoms with Gasteiger partial charge in [-0.05, 0) is 12.0 Å². The Labute approximate surface area is 72.2 Å². The maximum atomic E-state index is 10.4. The van der Waals surface area contributed by atoms with E-state index in [-0.39, 0.29) is 6.42 Å². The summed E-state index contributed by atoms with van der Waals surface area (Å²) >= 11 is 0. The van der Waals surface area contributed by atoms with E-state index in [4.69, 9.17) is 12.2 Å². The lowest BCUT2D eigenvalue weighted by Gasteiger charge is -2.04. The van der Waals surface area contributed by atoms with Crippen LogP contribution in [-0.2, 0) is 11.2 Å². The molecule has 0 aliphatic rings. The van der Waals surface area contributed by atoms with Crippen molar-refractivity contribution in [1.29, 1.82) is 0 Å². The van der Waals surface area contributed by atoms with Crippen molar-refractivity contribution in [2.24, 2.45) is 5.73 Å². The summed E-state index contributed by atoms with van der Waals surface area (Å²) in [6.45, 7) is 0. The second-order valence-electron chi connectivity index (χ2n) is 2.54. The highest BCUT2D eigenvalue weighted by Crippen LogP contribution is 2.01. The van der Waals surface area contributed by atoms with Gasteiger partial charge in [-0.3, -0.25) is 4.79 Å². The highest BCUT2D eigenvalue weighted by Gasteiger charge is 2.10. The van der Waals surface area contributed by atoms with Crippen LogP contribution in [0.2, 0.25) is 0 Å². The third-order valence-corrected chi connectivity index (χ3v) is 1.53. The lowest BCUT2D eigenvalue weighted by atomic mass is 10.1. The highest BCUT2D eigenvalue weighted by atomic mass is 16.4. The summed E-state index contributed by atoms with van der Waals surface area (Å²) in [5.74, 6) is -1.04. The van der Waals surface area contributed by atoms with Gasteiger partial charge in [-0.15, -0.1) is 0 Å². The summed E-state index contributed by atoms with van der Waals surface area (Å²) in [6.07, 6.45) is 0.203. The molecule has 3 N–H and O–H groups in total. The molecule has 0 fully saturated rings. The molecule has 0 radical (unpaired) electrons. The van der Waals surface area contributed by atoms with Crippen LogP contribution in [0.25, 0.3) is 0 Å². The molecule has 0 spiro atoms. The molecule has 0 amide bonds. The number of hydrogen-bond donors (Lipinski definition) is 2. The fourth-order valence-electron chi connectivity index (χ4n) is 0.882. The van der Waals surface area contributed by atoms with Crippen molar-refractivity contribution >= 4 is 5.97 Å². The molecule has 0 heterocycles. The van der Waals surface area contributed by atoms with Crippen molar-refractivity contribution in [1.82, 2.24) is 0 Å². The van der Waals surface area contributed by atoms with E-state index in [9.17, 15) is 4.79 Å². The van der Waals surface area contributed by atoms with Gasteiger partial charge in [0.05, 0.1) is 1.37 Å². The Morgan fingerprint density at radius 1 is 1.67 bits per heavy atom. The Bertz CT molecular complexity index is 314. The number of aliphatic carboxylic acids is 1. The predicted octanol–water partition coefficient (Wildman–Crippen LogP) is 0.641. The molecule has 0 unspecified atom stereocenters. The summed E-state index contributed by atoms with van der Waals surface area (Å²) in [5, 5.41) is 8.55. The number of nitrogens with two attached hydrogens (primary N) is 1. The van der Waals surface area contributed by atoms with Crippen LogP contribution in [-0.4, -0.2) is 17.1 Å². The van der Waals surface area contributed by atoms with Crippen LogP contribution >= 0.6 is 0 Å². The summed E-state index contributed by atoms with van der Waals surface area (Å²) in [7, 11) is 0. The first-order valence-corrected chi connectivity index (χ1v) is 3.64. The van der Waals surface area contributed by atoms with E-state index in [1.165, 1.54) is 0 Å². The van der Waals surface area contributed by atoms with Gasteiger partial charge in [-0.1, -0.05) is 30.3 Å². The van der Waals surface area contributed by atoms with Crippen molar-refractivity contribution in [2.75, 3.05) is 0 Å². The minimum absolute atomic E-state index is 0.203. The van der Waals surface area contributed by atoms with Gasteiger partial charge in [-0.2, -0.15) is 0 Å². The maximum Gasteiger partial charge on any atom is 0.320 e. The molecule has 0 aliphatic heterocycles. The number of hydrogen-bond acceptors (Lipinski definition) is 2. The zero-order valence-electron chi connectivity index (χ0n) is 7.53.